The molecule has 0 bridgehead atoms. The Morgan fingerprint density at radius 1 is 1.00 bits per heavy atom. The van der Waals surface area contributed by atoms with Gasteiger partial charge in [0, 0.05) is 6.61 Å². The van der Waals surface area contributed by atoms with Crippen molar-refractivity contribution in [3.05, 3.63) is 0 Å². The lowest BCUT2D eigenvalue weighted by atomic mass is 9.81. The lowest BCUT2D eigenvalue weighted by molar-refractivity contribution is -0.0553. The average Bonchev–Trinajstić information content (AvgIpc) is 2.21. The Kier molecular flexibility index (Phi) is 3.42. The van der Waals surface area contributed by atoms with Crippen LogP contribution in [0, 0.1) is 11.8 Å². The Morgan fingerprint density at radius 2 is 1.71 bits per heavy atom. The Hall–Kier alpha value is -0.110. The monoisotopic (exact) mass is 200 g/mol. The molecule has 1 nitrogen and oxygen atoms in total. The molecule has 1 aliphatic carbocycles. The molecule has 0 spiro atoms. The molecule has 0 aromatic heterocycles. The van der Waals surface area contributed by atoms with Gasteiger partial charge in [-0.3, -0.25) is 0 Å². The summed E-state index contributed by atoms with van der Waals surface area (Å²) in [7, 11) is 0. The van der Waals surface area contributed by atoms with Crippen LogP contribution >= 0.6 is 0 Å². The Morgan fingerprint density at radius 3 is 2.29 bits per heavy atom. The Labute approximate surface area is 86.0 Å². The van der Waals surface area contributed by atoms with Crippen LogP contribution < -0.4 is 0 Å². The van der Waals surface area contributed by atoms with Gasteiger partial charge in [-0.05, 0) is 50.4 Å². The first kappa shape index (κ1) is 10.4. The second kappa shape index (κ2) is 4.61. The Bertz CT molecular complexity index is 147. The predicted octanol–water partition coefficient (Wildman–Crippen LogP) is 3.33. The largest absolute Gasteiger partial charge is 0.378 e. The average molecular weight is 200 g/mol. The SMILES string of the molecule is CC1CCC(C2CCC(F)CC2)OC1. The number of hydrogen-bond donors (Lipinski definition) is 0. The third kappa shape index (κ3) is 2.47. The summed E-state index contributed by atoms with van der Waals surface area (Å²) in [4.78, 5) is 0. The van der Waals surface area contributed by atoms with Crippen molar-refractivity contribution in [3.8, 4) is 0 Å². The van der Waals surface area contributed by atoms with E-state index in [0.29, 0.717) is 12.0 Å². The van der Waals surface area contributed by atoms with Crippen molar-refractivity contribution in [1.29, 1.82) is 0 Å². The van der Waals surface area contributed by atoms with E-state index in [1.54, 1.807) is 0 Å². The van der Waals surface area contributed by atoms with E-state index >= 15 is 0 Å². The number of alkyl halides is 1. The van der Waals surface area contributed by atoms with Gasteiger partial charge in [0.2, 0.25) is 0 Å². The van der Waals surface area contributed by atoms with Gasteiger partial charge in [-0.25, -0.2) is 4.39 Å². The van der Waals surface area contributed by atoms with Crippen LogP contribution in [-0.4, -0.2) is 18.9 Å². The topological polar surface area (TPSA) is 9.23 Å². The van der Waals surface area contributed by atoms with Crippen molar-refractivity contribution in [2.24, 2.45) is 11.8 Å². The zero-order chi connectivity index (χ0) is 9.97. The van der Waals surface area contributed by atoms with E-state index in [9.17, 15) is 4.39 Å². The summed E-state index contributed by atoms with van der Waals surface area (Å²) < 4.78 is 18.8. The molecule has 0 radical (unpaired) electrons. The molecule has 1 aliphatic heterocycles. The molecule has 1 heterocycles. The summed E-state index contributed by atoms with van der Waals surface area (Å²) in [6, 6.07) is 0. The van der Waals surface area contributed by atoms with Gasteiger partial charge in [0.15, 0.2) is 0 Å². The minimum absolute atomic E-state index is 0.443. The molecule has 2 rings (SSSR count). The highest BCUT2D eigenvalue weighted by Crippen LogP contribution is 2.34. The first-order valence-corrected chi connectivity index (χ1v) is 6.01. The second-order valence-corrected chi connectivity index (χ2v) is 5.07. The van der Waals surface area contributed by atoms with Crippen molar-refractivity contribution in [2.45, 2.75) is 57.7 Å². The molecule has 2 fully saturated rings. The number of rotatable bonds is 1. The first-order valence-electron chi connectivity index (χ1n) is 6.01. The van der Waals surface area contributed by atoms with Crippen molar-refractivity contribution < 1.29 is 9.13 Å². The minimum atomic E-state index is -0.534. The van der Waals surface area contributed by atoms with E-state index < -0.39 is 6.17 Å². The quantitative estimate of drug-likeness (QED) is 0.631. The lowest BCUT2D eigenvalue weighted by Crippen LogP contribution is -2.33. The Balaban J connectivity index is 1.78. The van der Waals surface area contributed by atoms with E-state index in [1.807, 2.05) is 0 Å². The van der Waals surface area contributed by atoms with Gasteiger partial charge in [0.25, 0.3) is 0 Å². The zero-order valence-corrected chi connectivity index (χ0v) is 9.05. The third-order valence-electron chi connectivity index (χ3n) is 3.77. The van der Waals surface area contributed by atoms with Crippen LogP contribution in [-0.2, 0) is 4.74 Å². The summed E-state index contributed by atoms with van der Waals surface area (Å²) in [5.41, 5.74) is 0. The van der Waals surface area contributed by atoms with Crippen molar-refractivity contribution in [2.75, 3.05) is 6.61 Å². The van der Waals surface area contributed by atoms with Crippen LogP contribution in [0.2, 0.25) is 0 Å². The van der Waals surface area contributed by atoms with Gasteiger partial charge in [0.05, 0.1) is 6.10 Å². The highest BCUT2D eigenvalue weighted by Gasteiger charge is 2.30. The molecule has 1 saturated carbocycles. The van der Waals surface area contributed by atoms with E-state index in [4.69, 9.17) is 4.74 Å². The maximum atomic E-state index is 12.9. The number of halogens is 1. The maximum absolute atomic E-state index is 12.9. The molecule has 1 saturated heterocycles. The molecular weight excluding hydrogens is 179 g/mol. The van der Waals surface area contributed by atoms with Crippen molar-refractivity contribution in [3.63, 3.8) is 0 Å². The molecular formula is C12H21FO. The second-order valence-electron chi connectivity index (χ2n) is 5.07. The molecule has 0 amide bonds. The normalized spacial score (nSPS) is 45.0. The van der Waals surface area contributed by atoms with E-state index in [-0.39, 0.29) is 0 Å². The van der Waals surface area contributed by atoms with Crippen LogP contribution in [0.15, 0.2) is 0 Å². The summed E-state index contributed by atoms with van der Waals surface area (Å²) >= 11 is 0. The molecule has 0 aromatic carbocycles. The van der Waals surface area contributed by atoms with Gasteiger partial charge in [-0.2, -0.15) is 0 Å². The van der Waals surface area contributed by atoms with Crippen LogP contribution in [0.4, 0.5) is 4.39 Å². The molecule has 0 aromatic rings. The maximum Gasteiger partial charge on any atom is 0.100 e. The van der Waals surface area contributed by atoms with Crippen LogP contribution in [0.3, 0.4) is 0 Å². The molecule has 14 heavy (non-hydrogen) atoms. The van der Waals surface area contributed by atoms with Gasteiger partial charge in [0.1, 0.15) is 6.17 Å². The highest BCUT2D eigenvalue weighted by atomic mass is 19.1. The number of ether oxygens (including phenoxy) is 1. The summed E-state index contributed by atoms with van der Waals surface area (Å²) in [6.07, 6.45) is 6.01. The molecule has 82 valence electrons. The minimum Gasteiger partial charge on any atom is -0.378 e. The molecule has 2 atom stereocenters. The van der Waals surface area contributed by atoms with E-state index in [1.165, 1.54) is 12.8 Å². The molecule has 2 unspecified atom stereocenters. The summed E-state index contributed by atoms with van der Waals surface area (Å²) in [6.45, 7) is 3.16. The third-order valence-corrected chi connectivity index (χ3v) is 3.77. The van der Waals surface area contributed by atoms with Crippen molar-refractivity contribution in [1.82, 2.24) is 0 Å². The smallest absolute Gasteiger partial charge is 0.100 e. The van der Waals surface area contributed by atoms with Gasteiger partial charge >= 0.3 is 0 Å². The fourth-order valence-electron chi connectivity index (χ4n) is 2.73. The van der Waals surface area contributed by atoms with Gasteiger partial charge in [-0.15, -0.1) is 0 Å². The standard InChI is InChI=1S/C12H21FO/c1-9-2-7-12(14-8-9)10-3-5-11(13)6-4-10/h9-12H,2-8H2,1H3. The summed E-state index contributed by atoms with van der Waals surface area (Å²) in [5.74, 6) is 1.37. The van der Waals surface area contributed by atoms with Gasteiger partial charge in [-0.1, -0.05) is 6.92 Å². The fraction of sp³-hybridized carbons (Fsp3) is 1.00. The number of hydrogen-bond acceptors (Lipinski definition) is 1. The molecule has 2 heteroatoms. The van der Waals surface area contributed by atoms with Crippen LogP contribution in [0.5, 0.6) is 0 Å². The van der Waals surface area contributed by atoms with Crippen LogP contribution in [0.25, 0.3) is 0 Å². The predicted molar refractivity (Wildman–Crippen MR) is 55.0 cm³/mol. The fourth-order valence-corrected chi connectivity index (χ4v) is 2.73. The lowest BCUT2D eigenvalue weighted by Gasteiger charge is -2.35. The van der Waals surface area contributed by atoms with Crippen LogP contribution in [0.1, 0.15) is 45.4 Å². The first-order chi connectivity index (χ1) is 6.75. The van der Waals surface area contributed by atoms with Crippen molar-refractivity contribution >= 4 is 0 Å². The highest BCUT2D eigenvalue weighted by molar-refractivity contribution is 4.80. The summed E-state index contributed by atoms with van der Waals surface area (Å²) in [5, 5.41) is 0. The molecule has 2 aliphatic rings. The van der Waals surface area contributed by atoms with E-state index in [0.717, 1.165) is 38.2 Å². The molecule has 0 N–H and O–H groups in total. The zero-order valence-electron chi connectivity index (χ0n) is 9.05. The van der Waals surface area contributed by atoms with Gasteiger partial charge < -0.3 is 4.74 Å². The van der Waals surface area contributed by atoms with E-state index in [2.05, 4.69) is 6.92 Å².